The van der Waals surface area contributed by atoms with Crippen molar-refractivity contribution in [3.05, 3.63) is 56.7 Å². The first kappa shape index (κ1) is 14.3. The van der Waals surface area contributed by atoms with Gasteiger partial charge in [0, 0.05) is 41.6 Å². The summed E-state index contributed by atoms with van der Waals surface area (Å²) in [6.07, 6.45) is 1.12. The molecule has 2 heterocycles. The monoisotopic (exact) mass is 350 g/mol. The lowest BCUT2D eigenvalue weighted by Gasteiger charge is -2.36. The maximum Gasteiger partial charge on any atom is 0.0343 e. The van der Waals surface area contributed by atoms with Crippen LogP contribution in [0.25, 0.3) is 0 Å². The molecule has 3 rings (SSSR count). The van der Waals surface area contributed by atoms with E-state index in [9.17, 15) is 0 Å². The number of thiophene rings is 1. The maximum absolute atomic E-state index is 3.65. The van der Waals surface area contributed by atoms with Crippen molar-refractivity contribution < 1.29 is 0 Å². The fourth-order valence-corrected chi connectivity index (χ4v) is 4.22. The van der Waals surface area contributed by atoms with E-state index in [0.717, 1.165) is 32.6 Å². The van der Waals surface area contributed by atoms with Crippen LogP contribution < -0.4 is 5.32 Å². The highest BCUT2D eigenvalue weighted by molar-refractivity contribution is 9.10. The van der Waals surface area contributed by atoms with Gasteiger partial charge in [0.05, 0.1) is 0 Å². The second-order valence-corrected chi connectivity index (χ2v) is 7.06. The van der Waals surface area contributed by atoms with Gasteiger partial charge in [-0.05, 0) is 39.4 Å². The van der Waals surface area contributed by atoms with Crippen LogP contribution in [0.2, 0.25) is 0 Å². The minimum Gasteiger partial charge on any atom is -0.314 e. The van der Waals surface area contributed by atoms with Crippen LogP contribution in [0.15, 0.2) is 46.3 Å². The first-order valence-electron chi connectivity index (χ1n) is 7.03. The van der Waals surface area contributed by atoms with Crippen LogP contribution in [0.4, 0.5) is 0 Å². The Hall–Kier alpha value is -0.680. The van der Waals surface area contributed by atoms with Crippen LogP contribution in [-0.2, 0) is 13.0 Å². The molecule has 1 aliphatic heterocycles. The van der Waals surface area contributed by atoms with Crippen LogP contribution in [0.5, 0.6) is 0 Å². The van der Waals surface area contributed by atoms with Gasteiger partial charge in [0.15, 0.2) is 0 Å². The van der Waals surface area contributed by atoms with Crippen LogP contribution in [0, 0.1) is 0 Å². The molecular weight excluding hydrogens is 332 g/mol. The molecule has 1 aromatic carbocycles. The molecule has 1 N–H and O–H groups in total. The predicted octanol–water partition coefficient (Wildman–Crippen LogP) is 3.53. The third-order valence-electron chi connectivity index (χ3n) is 3.82. The SMILES string of the molecule is Brc1ccsc1CN1CCNCC1Cc1ccccc1. The number of benzene rings is 1. The molecule has 1 unspecified atom stereocenters. The number of nitrogens with one attached hydrogen (secondary N) is 1. The molecule has 20 heavy (non-hydrogen) atoms. The number of halogens is 1. The fourth-order valence-electron chi connectivity index (χ4n) is 2.72. The second-order valence-electron chi connectivity index (χ2n) is 5.21. The van der Waals surface area contributed by atoms with Gasteiger partial charge in [-0.3, -0.25) is 4.90 Å². The minimum atomic E-state index is 0.583. The molecule has 0 saturated carbocycles. The summed E-state index contributed by atoms with van der Waals surface area (Å²) in [5.41, 5.74) is 1.43. The standard InChI is InChI=1S/C16H19BrN2S/c17-15-6-9-20-16(15)12-19-8-7-18-11-14(19)10-13-4-2-1-3-5-13/h1-6,9,14,18H,7-8,10-12H2. The van der Waals surface area contributed by atoms with Gasteiger partial charge in [0.2, 0.25) is 0 Å². The van der Waals surface area contributed by atoms with Crippen molar-refractivity contribution in [2.75, 3.05) is 19.6 Å². The number of hydrogen-bond acceptors (Lipinski definition) is 3. The zero-order valence-corrected chi connectivity index (χ0v) is 13.8. The first-order valence-corrected chi connectivity index (χ1v) is 8.71. The van der Waals surface area contributed by atoms with Crippen molar-refractivity contribution in [1.29, 1.82) is 0 Å². The molecule has 1 atom stereocenters. The molecule has 0 spiro atoms. The van der Waals surface area contributed by atoms with Gasteiger partial charge in [0.25, 0.3) is 0 Å². The molecule has 1 aliphatic rings. The van der Waals surface area contributed by atoms with Gasteiger partial charge in [-0.15, -0.1) is 11.3 Å². The molecule has 2 nitrogen and oxygen atoms in total. The molecule has 1 fully saturated rings. The molecule has 1 saturated heterocycles. The van der Waals surface area contributed by atoms with Crippen molar-refractivity contribution in [2.24, 2.45) is 0 Å². The van der Waals surface area contributed by atoms with Gasteiger partial charge in [-0.1, -0.05) is 30.3 Å². The highest BCUT2D eigenvalue weighted by Gasteiger charge is 2.23. The van der Waals surface area contributed by atoms with E-state index in [1.54, 1.807) is 0 Å². The summed E-state index contributed by atoms with van der Waals surface area (Å²) in [6.45, 7) is 4.35. The predicted molar refractivity (Wildman–Crippen MR) is 89.2 cm³/mol. The van der Waals surface area contributed by atoms with E-state index in [0.29, 0.717) is 6.04 Å². The minimum absolute atomic E-state index is 0.583. The molecule has 2 aromatic rings. The van der Waals surface area contributed by atoms with Gasteiger partial charge < -0.3 is 5.32 Å². The number of hydrogen-bond donors (Lipinski definition) is 1. The molecule has 0 aliphatic carbocycles. The lowest BCUT2D eigenvalue weighted by atomic mass is 10.0. The Morgan fingerprint density at radius 3 is 2.85 bits per heavy atom. The Labute approximate surface area is 132 Å². The quantitative estimate of drug-likeness (QED) is 0.907. The van der Waals surface area contributed by atoms with Crippen molar-refractivity contribution in [3.8, 4) is 0 Å². The third kappa shape index (κ3) is 3.50. The molecule has 106 valence electrons. The van der Waals surface area contributed by atoms with E-state index in [1.807, 2.05) is 11.3 Å². The third-order valence-corrected chi connectivity index (χ3v) is 5.74. The van der Waals surface area contributed by atoms with Crippen molar-refractivity contribution >= 4 is 27.3 Å². The number of nitrogens with zero attached hydrogens (tertiary/aromatic N) is 1. The molecule has 0 radical (unpaired) electrons. The van der Waals surface area contributed by atoms with E-state index in [1.165, 1.54) is 14.9 Å². The Balaban J connectivity index is 1.69. The van der Waals surface area contributed by atoms with Gasteiger partial charge in [-0.25, -0.2) is 0 Å². The molecule has 4 heteroatoms. The Kier molecular flexibility index (Phi) is 4.89. The molecule has 0 amide bonds. The molecule has 1 aromatic heterocycles. The van der Waals surface area contributed by atoms with Crippen LogP contribution in [-0.4, -0.2) is 30.6 Å². The van der Waals surface area contributed by atoms with E-state index < -0.39 is 0 Å². The smallest absolute Gasteiger partial charge is 0.0343 e. The van der Waals surface area contributed by atoms with Crippen molar-refractivity contribution in [2.45, 2.75) is 19.0 Å². The highest BCUT2D eigenvalue weighted by Crippen LogP contribution is 2.25. The summed E-state index contributed by atoms with van der Waals surface area (Å²) in [7, 11) is 0. The topological polar surface area (TPSA) is 15.3 Å². The highest BCUT2D eigenvalue weighted by atomic mass is 79.9. The van der Waals surface area contributed by atoms with Crippen molar-refractivity contribution in [1.82, 2.24) is 10.2 Å². The summed E-state index contributed by atoms with van der Waals surface area (Å²) in [4.78, 5) is 4.05. The van der Waals surface area contributed by atoms with E-state index in [-0.39, 0.29) is 0 Å². The maximum atomic E-state index is 3.65. The Morgan fingerprint density at radius 2 is 2.10 bits per heavy atom. The Morgan fingerprint density at radius 1 is 1.25 bits per heavy atom. The normalized spacial score (nSPS) is 20.1. The number of rotatable bonds is 4. The largest absolute Gasteiger partial charge is 0.314 e. The van der Waals surface area contributed by atoms with Crippen LogP contribution in [0.1, 0.15) is 10.4 Å². The summed E-state index contributed by atoms with van der Waals surface area (Å²) < 4.78 is 1.25. The zero-order valence-electron chi connectivity index (χ0n) is 11.4. The zero-order chi connectivity index (χ0) is 13.8. The average Bonchev–Trinajstić information content (AvgIpc) is 2.88. The average molecular weight is 351 g/mol. The van der Waals surface area contributed by atoms with Gasteiger partial charge >= 0.3 is 0 Å². The summed E-state index contributed by atoms with van der Waals surface area (Å²) in [5.74, 6) is 0. The fraction of sp³-hybridized carbons (Fsp3) is 0.375. The van der Waals surface area contributed by atoms with Crippen LogP contribution >= 0.6 is 27.3 Å². The summed E-state index contributed by atoms with van der Waals surface area (Å²) in [6, 6.07) is 13.5. The molecule has 0 bridgehead atoms. The van der Waals surface area contributed by atoms with Gasteiger partial charge in [0.1, 0.15) is 0 Å². The summed E-state index contributed by atoms with van der Waals surface area (Å²) in [5, 5.41) is 5.69. The molecular formula is C16H19BrN2S. The van der Waals surface area contributed by atoms with E-state index in [4.69, 9.17) is 0 Å². The van der Waals surface area contributed by atoms with Crippen LogP contribution in [0.3, 0.4) is 0 Å². The lowest BCUT2D eigenvalue weighted by Crippen LogP contribution is -2.51. The lowest BCUT2D eigenvalue weighted by molar-refractivity contribution is 0.153. The van der Waals surface area contributed by atoms with E-state index in [2.05, 4.69) is 67.9 Å². The van der Waals surface area contributed by atoms with Crippen molar-refractivity contribution in [3.63, 3.8) is 0 Å². The van der Waals surface area contributed by atoms with E-state index >= 15 is 0 Å². The first-order chi connectivity index (χ1) is 9.83. The van der Waals surface area contributed by atoms with Gasteiger partial charge in [-0.2, -0.15) is 0 Å². The number of piperazine rings is 1. The Bertz CT molecular complexity index is 540. The summed E-state index contributed by atoms with van der Waals surface area (Å²) >= 11 is 5.49. The second kappa shape index (κ2) is 6.85.